The summed E-state index contributed by atoms with van der Waals surface area (Å²) in [4.78, 5) is 14.9. The zero-order chi connectivity index (χ0) is 11.8. The fraction of sp³-hybridized carbons (Fsp3) is 0.455. The Kier molecular flexibility index (Phi) is 5.88. The van der Waals surface area contributed by atoms with Crippen LogP contribution >= 0.6 is 11.8 Å². The molecular weight excluding hydrogens is 224 g/mol. The molecule has 0 radical (unpaired) electrons. The molecule has 1 aromatic rings. The van der Waals surface area contributed by atoms with Gasteiger partial charge < -0.3 is 10.4 Å². The van der Waals surface area contributed by atoms with Gasteiger partial charge in [-0.25, -0.2) is 0 Å². The molecule has 0 aromatic carbocycles. The summed E-state index contributed by atoms with van der Waals surface area (Å²) in [6.45, 7) is 0.563. The lowest BCUT2D eigenvalue weighted by Gasteiger charge is -2.13. The second kappa shape index (κ2) is 7.24. The molecule has 0 saturated heterocycles. The van der Waals surface area contributed by atoms with Gasteiger partial charge in [-0.3, -0.25) is 9.78 Å². The average molecular weight is 240 g/mol. The third kappa shape index (κ3) is 4.63. The van der Waals surface area contributed by atoms with Crippen molar-refractivity contribution in [2.75, 3.05) is 12.0 Å². The second-order valence-corrected chi connectivity index (χ2v) is 4.39. The number of pyridine rings is 1. The molecule has 5 heteroatoms. The SMILES string of the molecule is CSCC[C@H](NCc1ccncc1)C(=O)O. The lowest BCUT2D eigenvalue weighted by molar-refractivity contribution is -0.139. The molecule has 4 nitrogen and oxygen atoms in total. The van der Waals surface area contributed by atoms with E-state index in [0.717, 1.165) is 11.3 Å². The number of aromatic nitrogens is 1. The van der Waals surface area contributed by atoms with Crippen molar-refractivity contribution in [1.82, 2.24) is 10.3 Å². The molecule has 0 saturated carbocycles. The number of nitrogens with one attached hydrogen (secondary N) is 1. The van der Waals surface area contributed by atoms with Gasteiger partial charge in [0.05, 0.1) is 0 Å². The normalized spacial score (nSPS) is 12.3. The van der Waals surface area contributed by atoms with Crippen LogP contribution in [0.1, 0.15) is 12.0 Å². The average Bonchev–Trinajstić information content (AvgIpc) is 2.30. The maximum Gasteiger partial charge on any atom is 0.320 e. The molecule has 0 fully saturated rings. The first-order chi connectivity index (χ1) is 7.74. The number of hydrogen-bond donors (Lipinski definition) is 2. The minimum atomic E-state index is -0.789. The van der Waals surface area contributed by atoms with Crippen LogP contribution in [0, 0.1) is 0 Å². The Morgan fingerprint density at radius 1 is 1.56 bits per heavy atom. The summed E-state index contributed by atoms with van der Waals surface area (Å²) >= 11 is 1.66. The van der Waals surface area contributed by atoms with E-state index in [1.54, 1.807) is 24.2 Å². The van der Waals surface area contributed by atoms with Gasteiger partial charge in [0.2, 0.25) is 0 Å². The third-order valence-corrected chi connectivity index (χ3v) is 2.85. The van der Waals surface area contributed by atoms with Crippen molar-refractivity contribution in [1.29, 1.82) is 0 Å². The Bertz CT molecular complexity index is 319. The van der Waals surface area contributed by atoms with Crippen LogP contribution in [0.15, 0.2) is 24.5 Å². The van der Waals surface area contributed by atoms with E-state index in [0.29, 0.717) is 13.0 Å². The number of carboxylic acid groups (broad SMARTS) is 1. The van der Waals surface area contributed by atoms with E-state index in [4.69, 9.17) is 5.11 Å². The fourth-order valence-electron chi connectivity index (χ4n) is 1.29. The molecule has 0 spiro atoms. The zero-order valence-electron chi connectivity index (χ0n) is 9.22. The summed E-state index contributed by atoms with van der Waals surface area (Å²) < 4.78 is 0. The molecule has 0 amide bonds. The molecule has 16 heavy (non-hydrogen) atoms. The number of carbonyl (C=O) groups is 1. The zero-order valence-corrected chi connectivity index (χ0v) is 10.0. The Labute approximate surface area is 99.5 Å². The molecule has 0 aliphatic heterocycles. The van der Waals surface area contributed by atoms with Gasteiger partial charge in [-0.05, 0) is 36.1 Å². The van der Waals surface area contributed by atoms with Crippen LogP contribution in [-0.2, 0) is 11.3 Å². The molecule has 1 heterocycles. The molecule has 0 unspecified atom stereocenters. The molecule has 0 aliphatic carbocycles. The van der Waals surface area contributed by atoms with E-state index in [2.05, 4.69) is 10.3 Å². The molecule has 1 aromatic heterocycles. The summed E-state index contributed by atoms with van der Waals surface area (Å²) in [5, 5.41) is 12.0. The van der Waals surface area contributed by atoms with Gasteiger partial charge in [-0.15, -0.1) is 0 Å². The summed E-state index contributed by atoms with van der Waals surface area (Å²) in [6, 6.07) is 3.28. The highest BCUT2D eigenvalue weighted by molar-refractivity contribution is 7.98. The van der Waals surface area contributed by atoms with Gasteiger partial charge in [0.1, 0.15) is 6.04 Å². The second-order valence-electron chi connectivity index (χ2n) is 3.41. The van der Waals surface area contributed by atoms with Gasteiger partial charge in [-0.1, -0.05) is 0 Å². The highest BCUT2D eigenvalue weighted by Crippen LogP contribution is 2.03. The van der Waals surface area contributed by atoms with Crippen LogP contribution < -0.4 is 5.32 Å². The van der Waals surface area contributed by atoms with Crippen molar-refractivity contribution in [3.63, 3.8) is 0 Å². The first-order valence-corrected chi connectivity index (χ1v) is 6.47. The molecule has 0 bridgehead atoms. The van der Waals surface area contributed by atoms with Gasteiger partial charge in [-0.2, -0.15) is 11.8 Å². The molecule has 88 valence electrons. The van der Waals surface area contributed by atoms with Crippen molar-refractivity contribution in [3.8, 4) is 0 Å². The Balaban J connectivity index is 2.41. The Hall–Kier alpha value is -1.07. The van der Waals surface area contributed by atoms with E-state index in [1.807, 2.05) is 18.4 Å². The molecule has 1 atom stereocenters. The number of hydrogen-bond acceptors (Lipinski definition) is 4. The van der Waals surface area contributed by atoms with Gasteiger partial charge >= 0.3 is 5.97 Å². The number of aliphatic carboxylic acids is 1. The molecule has 0 aliphatic rings. The number of carboxylic acids is 1. The lowest BCUT2D eigenvalue weighted by atomic mass is 10.2. The predicted molar refractivity (Wildman–Crippen MR) is 65.5 cm³/mol. The van der Waals surface area contributed by atoms with E-state index < -0.39 is 12.0 Å². The molecule has 1 rings (SSSR count). The van der Waals surface area contributed by atoms with Crippen LogP contribution in [0.4, 0.5) is 0 Å². The van der Waals surface area contributed by atoms with E-state index in [-0.39, 0.29) is 0 Å². The maximum atomic E-state index is 10.9. The maximum absolute atomic E-state index is 10.9. The highest BCUT2D eigenvalue weighted by Gasteiger charge is 2.15. The van der Waals surface area contributed by atoms with Crippen LogP contribution in [0.3, 0.4) is 0 Å². The smallest absolute Gasteiger partial charge is 0.320 e. The monoisotopic (exact) mass is 240 g/mol. The first-order valence-electron chi connectivity index (χ1n) is 5.08. The fourth-order valence-corrected chi connectivity index (χ4v) is 1.76. The minimum absolute atomic E-state index is 0.472. The highest BCUT2D eigenvalue weighted by atomic mass is 32.2. The van der Waals surface area contributed by atoms with Crippen molar-refractivity contribution >= 4 is 17.7 Å². The van der Waals surface area contributed by atoms with Gasteiger partial charge in [0, 0.05) is 18.9 Å². The van der Waals surface area contributed by atoms with E-state index >= 15 is 0 Å². The molecule has 2 N–H and O–H groups in total. The summed E-state index contributed by atoms with van der Waals surface area (Å²) in [5.41, 5.74) is 1.05. The topological polar surface area (TPSA) is 62.2 Å². The predicted octanol–water partition coefficient (Wildman–Crippen LogP) is 1.38. The summed E-state index contributed by atoms with van der Waals surface area (Å²) in [6.07, 6.45) is 6.02. The number of thioether (sulfide) groups is 1. The van der Waals surface area contributed by atoms with Gasteiger partial charge in [0.25, 0.3) is 0 Å². The van der Waals surface area contributed by atoms with Crippen LogP contribution in [0.5, 0.6) is 0 Å². The largest absolute Gasteiger partial charge is 0.480 e. The quantitative estimate of drug-likeness (QED) is 0.754. The Morgan fingerprint density at radius 3 is 2.81 bits per heavy atom. The van der Waals surface area contributed by atoms with Crippen molar-refractivity contribution in [2.24, 2.45) is 0 Å². The van der Waals surface area contributed by atoms with Crippen LogP contribution in [0.25, 0.3) is 0 Å². The van der Waals surface area contributed by atoms with Crippen LogP contribution in [-0.4, -0.2) is 34.1 Å². The lowest BCUT2D eigenvalue weighted by Crippen LogP contribution is -2.36. The van der Waals surface area contributed by atoms with E-state index in [1.165, 1.54) is 0 Å². The standard InChI is InChI=1S/C11H16N2O2S/c1-16-7-4-10(11(14)15)13-8-9-2-5-12-6-3-9/h2-3,5-6,10,13H,4,7-8H2,1H3,(H,14,15)/t10-/m0/s1. The molecular formula is C11H16N2O2S. The minimum Gasteiger partial charge on any atom is -0.480 e. The van der Waals surface area contributed by atoms with E-state index in [9.17, 15) is 4.79 Å². The number of rotatable bonds is 7. The van der Waals surface area contributed by atoms with Crippen molar-refractivity contribution < 1.29 is 9.90 Å². The summed E-state index contributed by atoms with van der Waals surface area (Å²) in [5.74, 6) is 0.0587. The van der Waals surface area contributed by atoms with Crippen molar-refractivity contribution in [3.05, 3.63) is 30.1 Å². The van der Waals surface area contributed by atoms with Crippen LogP contribution in [0.2, 0.25) is 0 Å². The Morgan fingerprint density at radius 2 is 2.25 bits per heavy atom. The first kappa shape index (κ1) is 13.0. The van der Waals surface area contributed by atoms with Crippen molar-refractivity contribution in [2.45, 2.75) is 19.0 Å². The number of nitrogens with zero attached hydrogens (tertiary/aromatic N) is 1. The van der Waals surface area contributed by atoms with Gasteiger partial charge in [0.15, 0.2) is 0 Å². The third-order valence-electron chi connectivity index (χ3n) is 2.21. The summed E-state index contributed by atoms with van der Waals surface area (Å²) in [7, 11) is 0.